The Kier molecular flexibility index (Phi) is 7.04. The van der Waals surface area contributed by atoms with Gasteiger partial charge < -0.3 is 21.3 Å². The Morgan fingerprint density at radius 2 is 1.65 bits per heavy atom. The third-order valence-electron chi connectivity index (χ3n) is 4.92. The fourth-order valence-corrected chi connectivity index (χ4v) is 3.19. The van der Waals surface area contributed by atoms with Gasteiger partial charge in [-0.2, -0.15) is 0 Å². The van der Waals surface area contributed by atoms with Crippen LogP contribution < -0.4 is 21.3 Å². The molecular weight excluding hydrogens is 430 g/mol. The van der Waals surface area contributed by atoms with Crippen molar-refractivity contribution in [2.75, 3.05) is 17.7 Å². The second-order valence-electron chi connectivity index (χ2n) is 7.28. The summed E-state index contributed by atoms with van der Waals surface area (Å²) in [4.78, 5) is 37.2. The normalized spacial score (nSPS) is 10.3. The Balaban J connectivity index is 1.47. The summed E-state index contributed by atoms with van der Waals surface area (Å²) in [6, 6.07) is 17.8. The number of carbonyl (C=O) groups is 2. The number of nitrogens with zero attached hydrogens (tertiary/aromatic N) is 3. The summed E-state index contributed by atoms with van der Waals surface area (Å²) < 4.78 is 0. The first-order chi connectivity index (χ1) is 16.6. The number of anilines is 3. The molecule has 4 rings (SSSR count). The molecule has 0 fully saturated rings. The van der Waals surface area contributed by atoms with E-state index in [1.165, 1.54) is 0 Å². The Morgan fingerprint density at radius 1 is 0.853 bits per heavy atom. The summed E-state index contributed by atoms with van der Waals surface area (Å²) in [5, 5.41) is 11.4. The molecule has 9 nitrogen and oxygen atoms in total. The number of amides is 3. The van der Waals surface area contributed by atoms with Gasteiger partial charge in [0.15, 0.2) is 0 Å². The van der Waals surface area contributed by atoms with Crippen molar-refractivity contribution in [2.24, 2.45) is 0 Å². The summed E-state index contributed by atoms with van der Waals surface area (Å²) in [5.74, 6) is 0.187. The van der Waals surface area contributed by atoms with Crippen LogP contribution in [0.15, 0.2) is 85.5 Å². The van der Waals surface area contributed by atoms with Gasteiger partial charge in [-0.25, -0.2) is 9.78 Å². The Morgan fingerprint density at radius 3 is 2.35 bits per heavy atom. The third kappa shape index (κ3) is 5.71. The van der Waals surface area contributed by atoms with Gasteiger partial charge in [-0.3, -0.25) is 14.8 Å². The monoisotopic (exact) mass is 453 g/mol. The highest BCUT2D eigenvalue weighted by molar-refractivity contribution is 5.99. The molecule has 3 aromatic heterocycles. The first kappa shape index (κ1) is 22.4. The largest absolute Gasteiger partial charge is 0.355 e. The van der Waals surface area contributed by atoms with Gasteiger partial charge in [-0.1, -0.05) is 18.2 Å². The molecule has 1 aromatic carbocycles. The number of nitrogens with one attached hydrogen (secondary N) is 4. The molecule has 3 heterocycles. The molecule has 9 heteroatoms. The minimum atomic E-state index is -0.312. The van der Waals surface area contributed by atoms with Crippen LogP contribution in [0.4, 0.5) is 22.0 Å². The maximum absolute atomic E-state index is 12.3. The minimum Gasteiger partial charge on any atom is -0.355 e. The molecule has 0 bridgehead atoms. The van der Waals surface area contributed by atoms with E-state index in [4.69, 9.17) is 0 Å². The third-order valence-corrected chi connectivity index (χ3v) is 4.92. The predicted molar refractivity (Wildman–Crippen MR) is 131 cm³/mol. The number of pyridine rings is 3. The topological polar surface area (TPSA) is 121 Å². The molecule has 0 aliphatic heterocycles. The van der Waals surface area contributed by atoms with E-state index in [1.807, 2.05) is 24.3 Å². The van der Waals surface area contributed by atoms with Crippen LogP contribution in [0, 0.1) is 0 Å². The lowest BCUT2D eigenvalue weighted by atomic mass is 10.1. The molecule has 0 aliphatic rings. The minimum absolute atomic E-state index is 0.243. The fraction of sp³-hybridized carbons (Fsp3) is 0.0800. The van der Waals surface area contributed by atoms with Crippen molar-refractivity contribution in [1.29, 1.82) is 0 Å². The zero-order chi connectivity index (χ0) is 23.8. The summed E-state index contributed by atoms with van der Waals surface area (Å²) in [6.45, 7) is 0.382. The van der Waals surface area contributed by atoms with Crippen molar-refractivity contribution in [3.8, 4) is 11.3 Å². The van der Waals surface area contributed by atoms with Crippen LogP contribution in [0.5, 0.6) is 0 Å². The molecule has 0 unspecified atom stereocenters. The van der Waals surface area contributed by atoms with E-state index in [2.05, 4.69) is 36.2 Å². The predicted octanol–water partition coefficient (Wildman–Crippen LogP) is 3.96. The molecule has 4 aromatic rings. The number of aromatic nitrogens is 3. The molecule has 4 N–H and O–H groups in total. The van der Waals surface area contributed by atoms with Crippen molar-refractivity contribution >= 4 is 29.1 Å². The van der Waals surface area contributed by atoms with Crippen LogP contribution in [0.3, 0.4) is 0 Å². The van der Waals surface area contributed by atoms with Crippen LogP contribution in [0.25, 0.3) is 11.3 Å². The Hall–Kier alpha value is -4.79. The first-order valence-corrected chi connectivity index (χ1v) is 10.6. The van der Waals surface area contributed by atoms with Gasteiger partial charge in [0.2, 0.25) is 0 Å². The zero-order valence-electron chi connectivity index (χ0n) is 18.4. The van der Waals surface area contributed by atoms with Gasteiger partial charge in [-0.05, 0) is 48.0 Å². The highest BCUT2D eigenvalue weighted by Gasteiger charge is 2.14. The van der Waals surface area contributed by atoms with E-state index in [1.54, 1.807) is 68.2 Å². The van der Waals surface area contributed by atoms with E-state index in [0.717, 1.165) is 16.8 Å². The zero-order valence-corrected chi connectivity index (χ0v) is 18.4. The second-order valence-corrected chi connectivity index (χ2v) is 7.28. The van der Waals surface area contributed by atoms with Crippen molar-refractivity contribution in [2.45, 2.75) is 6.54 Å². The Labute approximate surface area is 196 Å². The van der Waals surface area contributed by atoms with Crippen molar-refractivity contribution in [3.05, 3.63) is 96.6 Å². The molecule has 0 aliphatic carbocycles. The number of rotatable bonds is 7. The van der Waals surface area contributed by atoms with Crippen molar-refractivity contribution in [3.63, 3.8) is 0 Å². The van der Waals surface area contributed by atoms with Gasteiger partial charge in [0, 0.05) is 55.3 Å². The molecule has 0 saturated heterocycles. The highest BCUT2D eigenvalue weighted by atomic mass is 16.2. The van der Waals surface area contributed by atoms with Crippen LogP contribution in [-0.4, -0.2) is 33.9 Å². The summed E-state index contributed by atoms with van der Waals surface area (Å²) in [5.41, 5.74) is 4.26. The van der Waals surface area contributed by atoms with E-state index >= 15 is 0 Å². The average Bonchev–Trinajstić information content (AvgIpc) is 2.89. The fourth-order valence-electron chi connectivity index (χ4n) is 3.19. The molecule has 3 amide bonds. The van der Waals surface area contributed by atoms with Crippen LogP contribution in [0.1, 0.15) is 15.9 Å². The van der Waals surface area contributed by atoms with E-state index < -0.39 is 0 Å². The smallest absolute Gasteiger partial charge is 0.319 e. The molecule has 0 saturated carbocycles. The van der Waals surface area contributed by atoms with E-state index in [9.17, 15) is 9.59 Å². The quantitative estimate of drug-likeness (QED) is 0.336. The Bertz CT molecular complexity index is 1260. The molecule has 0 spiro atoms. The number of carbonyl (C=O) groups excluding carboxylic acids is 2. The van der Waals surface area contributed by atoms with Crippen molar-refractivity contribution in [1.82, 2.24) is 25.6 Å². The van der Waals surface area contributed by atoms with Gasteiger partial charge in [0.25, 0.3) is 5.91 Å². The number of hydrogen-bond acceptors (Lipinski definition) is 6. The molecule has 0 atom stereocenters. The maximum Gasteiger partial charge on any atom is 0.319 e. The molecule has 34 heavy (non-hydrogen) atoms. The lowest BCUT2D eigenvalue weighted by Crippen LogP contribution is -2.28. The average molecular weight is 454 g/mol. The van der Waals surface area contributed by atoms with Crippen LogP contribution in [-0.2, 0) is 6.54 Å². The maximum atomic E-state index is 12.3. The summed E-state index contributed by atoms with van der Waals surface area (Å²) >= 11 is 0. The summed E-state index contributed by atoms with van der Waals surface area (Å²) in [7, 11) is 1.57. The van der Waals surface area contributed by atoms with Gasteiger partial charge in [0.05, 0.1) is 11.3 Å². The SMILES string of the molecule is CNC(=O)c1ccc(-c2ccc(NC(=O)NCc3cccnc3)cc2)nc1Nc1ccncc1. The second kappa shape index (κ2) is 10.7. The first-order valence-electron chi connectivity index (χ1n) is 10.6. The van der Waals surface area contributed by atoms with Crippen LogP contribution in [0.2, 0.25) is 0 Å². The lowest BCUT2D eigenvalue weighted by molar-refractivity contribution is 0.0963. The van der Waals surface area contributed by atoms with Gasteiger partial charge in [-0.15, -0.1) is 0 Å². The molecular formula is C25H23N7O2. The number of urea groups is 1. The molecule has 0 radical (unpaired) electrons. The van der Waals surface area contributed by atoms with Gasteiger partial charge in [0.1, 0.15) is 5.82 Å². The number of benzene rings is 1. The van der Waals surface area contributed by atoms with E-state index in [-0.39, 0.29) is 11.9 Å². The highest BCUT2D eigenvalue weighted by Crippen LogP contribution is 2.25. The molecule has 170 valence electrons. The lowest BCUT2D eigenvalue weighted by Gasteiger charge is -2.13. The van der Waals surface area contributed by atoms with Gasteiger partial charge >= 0.3 is 6.03 Å². The number of hydrogen-bond donors (Lipinski definition) is 4. The van der Waals surface area contributed by atoms with Crippen molar-refractivity contribution < 1.29 is 9.59 Å². The summed E-state index contributed by atoms with van der Waals surface area (Å²) in [6.07, 6.45) is 6.70. The standard InChI is InChI=1S/C25H23N7O2/c1-26-24(33)21-8-9-22(32-23(21)30-20-10-13-27-14-11-20)18-4-6-19(7-5-18)31-25(34)29-16-17-3-2-12-28-15-17/h2-15H,16H2,1H3,(H,26,33)(H,27,30,32)(H2,29,31,34). The van der Waals surface area contributed by atoms with Crippen LogP contribution >= 0.6 is 0 Å². The van der Waals surface area contributed by atoms with E-state index in [0.29, 0.717) is 29.3 Å².